The number of benzene rings is 1. The molecule has 1 aromatic carbocycles. The highest BCUT2D eigenvalue weighted by Gasteiger charge is 2.18. The van der Waals surface area contributed by atoms with Crippen LogP contribution in [0.2, 0.25) is 0 Å². The molecule has 10 heteroatoms. The molecule has 1 aliphatic heterocycles. The number of hydrogen-bond donors (Lipinski definition) is 2. The molecule has 3 aromatic heterocycles. The van der Waals surface area contributed by atoms with E-state index in [0.29, 0.717) is 16.8 Å². The van der Waals surface area contributed by atoms with Crippen LogP contribution in [0.4, 0.5) is 20.5 Å². The zero-order valence-electron chi connectivity index (χ0n) is 21.4. The molecule has 0 atom stereocenters. The molecule has 8 nitrogen and oxygen atoms in total. The number of hydrogen-bond acceptors (Lipinski definition) is 7. The first-order valence-corrected chi connectivity index (χ1v) is 12.8. The minimum Gasteiger partial charge on any atom is -0.309 e. The highest BCUT2D eigenvalue weighted by molar-refractivity contribution is 5.87. The van der Waals surface area contributed by atoms with Gasteiger partial charge in [0, 0.05) is 55.6 Å². The smallest absolute Gasteiger partial charge is 0.229 e. The van der Waals surface area contributed by atoms with Crippen LogP contribution in [0.1, 0.15) is 44.4 Å². The largest absolute Gasteiger partial charge is 0.309 e. The Morgan fingerprint density at radius 3 is 2.49 bits per heavy atom. The second kappa shape index (κ2) is 10.9. The molecule has 194 valence electrons. The molecular formula is C27H32F2N8. The van der Waals surface area contributed by atoms with Crippen LogP contribution in [0.5, 0.6) is 0 Å². The number of anilines is 2. The first kappa shape index (κ1) is 25.2. The van der Waals surface area contributed by atoms with E-state index < -0.39 is 11.6 Å². The van der Waals surface area contributed by atoms with Gasteiger partial charge in [0.2, 0.25) is 5.95 Å². The van der Waals surface area contributed by atoms with Crippen molar-refractivity contribution in [2.24, 2.45) is 0 Å². The lowest BCUT2D eigenvalue weighted by Crippen LogP contribution is -2.45. The molecule has 4 aromatic rings. The highest BCUT2D eigenvalue weighted by atomic mass is 19.1. The summed E-state index contributed by atoms with van der Waals surface area (Å²) in [7, 11) is 0. The van der Waals surface area contributed by atoms with E-state index in [1.54, 1.807) is 6.07 Å². The monoisotopic (exact) mass is 506 g/mol. The summed E-state index contributed by atoms with van der Waals surface area (Å²) in [5.74, 6) is -0.339. The number of rotatable bonds is 8. The number of aromatic amines is 1. The average Bonchev–Trinajstić information content (AvgIpc) is 3.33. The average molecular weight is 507 g/mol. The molecule has 2 N–H and O–H groups in total. The standard InChI is InChI=1S/C27H32F2N8/c1-4-7-36-8-10-37(11-9-36)16-18-5-6-23(30-14-18)32-27-31-15-22(29)25(33-27)19-12-20-24(17(2)3)34-35-26(20)21(28)13-19/h5-6,12-15,17H,4,7-11,16H2,1-3H3,(H,34,35)(H,30,31,32,33). The summed E-state index contributed by atoms with van der Waals surface area (Å²) in [5, 5.41) is 10.6. The molecule has 4 heterocycles. The van der Waals surface area contributed by atoms with Crippen molar-refractivity contribution in [3.8, 4) is 11.3 Å². The van der Waals surface area contributed by atoms with E-state index in [0.717, 1.165) is 56.7 Å². The first-order chi connectivity index (χ1) is 17.9. The van der Waals surface area contributed by atoms with Crippen LogP contribution in [-0.4, -0.2) is 67.7 Å². The van der Waals surface area contributed by atoms with Gasteiger partial charge < -0.3 is 10.2 Å². The SMILES string of the molecule is CCCN1CCN(Cc2ccc(Nc3ncc(F)c(-c4cc(F)c5n[nH]c(C(C)C)c5c4)n3)nc2)CC1. The lowest BCUT2D eigenvalue weighted by Gasteiger charge is -2.34. The third-order valence-corrected chi connectivity index (χ3v) is 6.71. The molecule has 0 unspecified atom stereocenters. The Kier molecular flexibility index (Phi) is 7.38. The predicted molar refractivity (Wildman–Crippen MR) is 141 cm³/mol. The molecule has 0 amide bonds. The Morgan fingerprint density at radius 1 is 1.00 bits per heavy atom. The number of pyridine rings is 1. The van der Waals surface area contributed by atoms with Crippen LogP contribution in [0, 0.1) is 11.6 Å². The predicted octanol–water partition coefficient (Wildman–Crippen LogP) is 5.09. The number of H-pyrrole nitrogens is 1. The van der Waals surface area contributed by atoms with E-state index in [1.165, 1.54) is 12.5 Å². The fraction of sp³-hybridized carbons (Fsp3) is 0.407. The van der Waals surface area contributed by atoms with Gasteiger partial charge in [-0.05, 0) is 42.6 Å². The molecule has 0 spiro atoms. The Labute approximate surface area is 215 Å². The van der Waals surface area contributed by atoms with Crippen LogP contribution < -0.4 is 5.32 Å². The molecule has 1 saturated heterocycles. The molecule has 1 fully saturated rings. The highest BCUT2D eigenvalue weighted by Crippen LogP contribution is 2.31. The summed E-state index contributed by atoms with van der Waals surface area (Å²) in [6, 6.07) is 6.84. The van der Waals surface area contributed by atoms with Gasteiger partial charge in [0.05, 0.1) is 6.20 Å². The zero-order valence-corrected chi connectivity index (χ0v) is 21.4. The van der Waals surface area contributed by atoms with E-state index in [1.807, 2.05) is 32.2 Å². The van der Waals surface area contributed by atoms with Crippen molar-refractivity contribution in [1.82, 2.24) is 34.9 Å². The number of fused-ring (bicyclic) bond motifs is 1. The van der Waals surface area contributed by atoms with Gasteiger partial charge in [-0.25, -0.2) is 23.7 Å². The molecule has 0 radical (unpaired) electrons. The summed E-state index contributed by atoms with van der Waals surface area (Å²) >= 11 is 0. The molecular weight excluding hydrogens is 474 g/mol. The van der Waals surface area contributed by atoms with Crippen molar-refractivity contribution < 1.29 is 8.78 Å². The molecule has 0 saturated carbocycles. The lowest BCUT2D eigenvalue weighted by molar-refractivity contribution is 0.127. The van der Waals surface area contributed by atoms with Gasteiger partial charge in [0.15, 0.2) is 11.6 Å². The minimum atomic E-state index is -0.638. The van der Waals surface area contributed by atoms with Gasteiger partial charge in [-0.3, -0.25) is 10.00 Å². The number of nitrogens with zero attached hydrogens (tertiary/aromatic N) is 6. The Morgan fingerprint density at radius 2 is 1.78 bits per heavy atom. The second-order valence-electron chi connectivity index (χ2n) is 9.83. The van der Waals surface area contributed by atoms with E-state index >= 15 is 0 Å². The van der Waals surface area contributed by atoms with E-state index in [9.17, 15) is 8.78 Å². The molecule has 5 rings (SSSR count). The van der Waals surface area contributed by atoms with Crippen LogP contribution >= 0.6 is 0 Å². The van der Waals surface area contributed by atoms with Crippen molar-refractivity contribution >= 4 is 22.7 Å². The summed E-state index contributed by atoms with van der Waals surface area (Å²) in [6.07, 6.45) is 4.10. The third-order valence-electron chi connectivity index (χ3n) is 6.71. The minimum absolute atomic E-state index is 0.00745. The Balaban J connectivity index is 1.30. The van der Waals surface area contributed by atoms with Crippen molar-refractivity contribution in [2.75, 3.05) is 38.0 Å². The van der Waals surface area contributed by atoms with Gasteiger partial charge in [-0.2, -0.15) is 5.10 Å². The van der Waals surface area contributed by atoms with Crippen LogP contribution in [-0.2, 0) is 6.54 Å². The summed E-state index contributed by atoms with van der Waals surface area (Å²) in [6.45, 7) is 12.5. The van der Waals surface area contributed by atoms with Gasteiger partial charge in [0.25, 0.3) is 0 Å². The van der Waals surface area contributed by atoms with E-state index in [4.69, 9.17) is 0 Å². The van der Waals surface area contributed by atoms with Gasteiger partial charge in [-0.1, -0.05) is 26.8 Å². The fourth-order valence-electron chi connectivity index (χ4n) is 4.75. The maximum atomic E-state index is 14.8. The topological polar surface area (TPSA) is 85.9 Å². The van der Waals surface area contributed by atoms with Crippen LogP contribution in [0.15, 0.2) is 36.7 Å². The maximum Gasteiger partial charge on any atom is 0.229 e. The zero-order chi connectivity index (χ0) is 25.9. The molecule has 0 bridgehead atoms. The van der Waals surface area contributed by atoms with Crippen molar-refractivity contribution in [3.05, 3.63) is 59.6 Å². The number of piperazine rings is 1. The number of nitrogens with one attached hydrogen (secondary N) is 2. The number of halogens is 2. The number of aromatic nitrogens is 5. The lowest BCUT2D eigenvalue weighted by atomic mass is 10.0. The first-order valence-electron chi connectivity index (χ1n) is 12.8. The normalized spacial score (nSPS) is 15.1. The molecule has 0 aliphatic carbocycles. The second-order valence-corrected chi connectivity index (χ2v) is 9.83. The quantitative estimate of drug-likeness (QED) is 0.344. The van der Waals surface area contributed by atoms with Crippen LogP contribution in [0.3, 0.4) is 0 Å². The molecule has 1 aliphatic rings. The maximum absolute atomic E-state index is 14.8. The van der Waals surface area contributed by atoms with E-state index in [-0.39, 0.29) is 23.1 Å². The van der Waals surface area contributed by atoms with Crippen LogP contribution in [0.25, 0.3) is 22.2 Å². The van der Waals surface area contributed by atoms with E-state index in [2.05, 4.69) is 47.2 Å². The van der Waals surface area contributed by atoms with Gasteiger partial charge in [0.1, 0.15) is 17.0 Å². The summed E-state index contributed by atoms with van der Waals surface area (Å²) in [5.41, 5.74) is 2.47. The van der Waals surface area contributed by atoms with Gasteiger partial charge in [-0.15, -0.1) is 0 Å². The van der Waals surface area contributed by atoms with Crippen molar-refractivity contribution in [1.29, 1.82) is 0 Å². The third kappa shape index (κ3) is 5.60. The summed E-state index contributed by atoms with van der Waals surface area (Å²) < 4.78 is 29.5. The van der Waals surface area contributed by atoms with Crippen molar-refractivity contribution in [3.63, 3.8) is 0 Å². The summed E-state index contributed by atoms with van der Waals surface area (Å²) in [4.78, 5) is 17.8. The van der Waals surface area contributed by atoms with Gasteiger partial charge >= 0.3 is 0 Å². The fourth-order valence-corrected chi connectivity index (χ4v) is 4.75. The molecule has 37 heavy (non-hydrogen) atoms. The van der Waals surface area contributed by atoms with Crippen molar-refractivity contribution in [2.45, 2.75) is 39.7 Å². The Hall–Kier alpha value is -3.50. The Bertz CT molecular complexity index is 1360.